The van der Waals surface area contributed by atoms with Crippen LogP contribution in [0.2, 0.25) is 0 Å². The molecular formula is C17H18O4. The Hall–Kier alpha value is -2.10. The lowest BCUT2D eigenvalue weighted by Crippen LogP contribution is -2.36. The van der Waals surface area contributed by atoms with Gasteiger partial charge in [-0.05, 0) is 30.2 Å². The lowest BCUT2D eigenvalue weighted by molar-refractivity contribution is -0.156. The van der Waals surface area contributed by atoms with Crippen LogP contribution in [-0.4, -0.2) is 18.4 Å². The first-order valence-electron chi connectivity index (χ1n) is 7.37. The molecule has 1 aromatic rings. The fraction of sp³-hybridized carbons (Fsp3) is 0.412. The molecule has 0 bridgehead atoms. The first-order valence-corrected chi connectivity index (χ1v) is 7.37. The monoisotopic (exact) mass is 286 g/mol. The first-order chi connectivity index (χ1) is 10.2. The van der Waals surface area contributed by atoms with Crippen molar-refractivity contribution in [2.24, 2.45) is 0 Å². The molecule has 3 rings (SSSR count). The van der Waals surface area contributed by atoms with E-state index in [0.29, 0.717) is 18.8 Å². The van der Waals surface area contributed by atoms with Gasteiger partial charge in [0.25, 0.3) is 0 Å². The van der Waals surface area contributed by atoms with Crippen molar-refractivity contribution in [1.29, 1.82) is 0 Å². The van der Waals surface area contributed by atoms with E-state index >= 15 is 0 Å². The summed E-state index contributed by atoms with van der Waals surface area (Å²) in [4.78, 5) is 23.8. The van der Waals surface area contributed by atoms with Crippen molar-refractivity contribution in [3.8, 4) is 5.75 Å². The van der Waals surface area contributed by atoms with Crippen LogP contribution in [0.1, 0.15) is 43.7 Å². The summed E-state index contributed by atoms with van der Waals surface area (Å²) in [5.41, 5.74) is 0.521. The molecule has 21 heavy (non-hydrogen) atoms. The summed E-state index contributed by atoms with van der Waals surface area (Å²) in [6, 6.07) is 5.64. The lowest BCUT2D eigenvalue weighted by Gasteiger charge is -2.30. The van der Waals surface area contributed by atoms with Gasteiger partial charge in [-0.3, -0.25) is 9.59 Å². The molecule has 0 radical (unpaired) electrons. The number of hydrogen-bond acceptors (Lipinski definition) is 4. The SMILES string of the molecule is CCCCOc1ccc2c(c1)[C@@]1(CCC(=O)O1)C(=O)C=C2. The van der Waals surface area contributed by atoms with Crippen molar-refractivity contribution in [3.05, 3.63) is 35.4 Å². The molecule has 0 N–H and O–H groups in total. The van der Waals surface area contributed by atoms with Gasteiger partial charge in [-0.15, -0.1) is 0 Å². The zero-order valence-corrected chi connectivity index (χ0v) is 12.1. The Bertz CT molecular complexity index is 617. The highest BCUT2D eigenvalue weighted by Gasteiger charge is 2.49. The number of unbranched alkanes of at least 4 members (excludes halogenated alkanes) is 1. The molecule has 0 amide bonds. The topological polar surface area (TPSA) is 52.6 Å². The van der Waals surface area contributed by atoms with E-state index in [9.17, 15) is 9.59 Å². The fourth-order valence-electron chi connectivity index (χ4n) is 2.83. The molecule has 4 heteroatoms. The predicted octanol–water partition coefficient (Wildman–Crippen LogP) is 2.99. The Morgan fingerprint density at radius 2 is 2.14 bits per heavy atom. The van der Waals surface area contributed by atoms with Crippen LogP contribution < -0.4 is 4.74 Å². The summed E-state index contributed by atoms with van der Waals surface area (Å²) in [6.07, 6.45) is 5.99. The Kier molecular flexibility index (Phi) is 3.53. The summed E-state index contributed by atoms with van der Waals surface area (Å²) in [5.74, 6) is 0.237. The molecule has 1 spiro atoms. The highest BCUT2D eigenvalue weighted by molar-refractivity contribution is 6.06. The summed E-state index contributed by atoms with van der Waals surface area (Å²) in [7, 11) is 0. The van der Waals surface area contributed by atoms with E-state index in [4.69, 9.17) is 9.47 Å². The molecular weight excluding hydrogens is 268 g/mol. The van der Waals surface area contributed by atoms with Crippen molar-refractivity contribution in [2.45, 2.75) is 38.2 Å². The highest BCUT2D eigenvalue weighted by atomic mass is 16.6. The second kappa shape index (κ2) is 5.35. The predicted molar refractivity (Wildman–Crippen MR) is 77.9 cm³/mol. The third-order valence-electron chi connectivity index (χ3n) is 4.01. The van der Waals surface area contributed by atoms with Gasteiger partial charge >= 0.3 is 5.97 Å². The molecule has 2 aliphatic rings. The summed E-state index contributed by atoms with van der Waals surface area (Å²) >= 11 is 0. The maximum atomic E-state index is 12.3. The molecule has 1 heterocycles. The largest absolute Gasteiger partial charge is 0.494 e. The van der Waals surface area contributed by atoms with E-state index in [2.05, 4.69) is 6.92 Å². The highest BCUT2D eigenvalue weighted by Crippen LogP contribution is 2.43. The quantitative estimate of drug-likeness (QED) is 0.630. The average Bonchev–Trinajstić information content (AvgIpc) is 2.87. The van der Waals surface area contributed by atoms with Crippen LogP contribution in [-0.2, 0) is 19.9 Å². The lowest BCUT2D eigenvalue weighted by atomic mass is 9.80. The molecule has 0 aromatic heterocycles. The third kappa shape index (κ3) is 2.35. The Morgan fingerprint density at radius 3 is 2.86 bits per heavy atom. The van der Waals surface area contributed by atoms with Crippen LogP contribution in [0.25, 0.3) is 6.08 Å². The zero-order valence-electron chi connectivity index (χ0n) is 12.1. The van der Waals surface area contributed by atoms with Crippen LogP contribution in [0.4, 0.5) is 0 Å². The van der Waals surface area contributed by atoms with Crippen LogP contribution in [0.3, 0.4) is 0 Å². The van der Waals surface area contributed by atoms with E-state index in [1.807, 2.05) is 18.2 Å². The Balaban J connectivity index is 1.96. The summed E-state index contributed by atoms with van der Waals surface area (Å²) < 4.78 is 11.1. The van der Waals surface area contributed by atoms with Gasteiger partial charge in [0, 0.05) is 12.0 Å². The molecule has 1 fully saturated rings. The minimum atomic E-state index is -1.13. The summed E-state index contributed by atoms with van der Waals surface area (Å²) in [5, 5.41) is 0. The molecule has 1 aromatic carbocycles. The van der Waals surface area contributed by atoms with Crippen molar-refractivity contribution < 1.29 is 19.1 Å². The number of ketones is 1. The van der Waals surface area contributed by atoms with Gasteiger partial charge in [0.2, 0.25) is 5.78 Å². The Labute approximate surface area is 123 Å². The maximum Gasteiger partial charge on any atom is 0.307 e. The summed E-state index contributed by atoms with van der Waals surface area (Å²) in [6.45, 7) is 2.75. The van der Waals surface area contributed by atoms with Crippen LogP contribution in [0.15, 0.2) is 24.3 Å². The number of esters is 1. The number of rotatable bonds is 4. The van der Waals surface area contributed by atoms with Crippen molar-refractivity contribution >= 4 is 17.8 Å². The second-order valence-corrected chi connectivity index (χ2v) is 5.45. The molecule has 1 saturated heterocycles. The van der Waals surface area contributed by atoms with Crippen molar-refractivity contribution in [3.63, 3.8) is 0 Å². The van der Waals surface area contributed by atoms with Gasteiger partial charge in [-0.1, -0.05) is 25.5 Å². The van der Waals surface area contributed by atoms with Gasteiger partial charge in [0.1, 0.15) is 5.75 Å². The minimum absolute atomic E-state index is 0.161. The molecule has 1 atom stereocenters. The standard InChI is InChI=1S/C17H18O4/c1-2-3-10-20-13-6-4-12-5-7-15(18)17(14(12)11-13)9-8-16(19)21-17/h4-7,11H,2-3,8-10H2,1H3/t17-/m0/s1. The number of fused-ring (bicyclic) bond motifs is 2. The van der Waals surface area contributed by atoms with E-state index in [-0.39, 0.29) is 18.2 Å². The number of carbonyl (C=O) groups is 2. The van der Waals surface area contributed by atoms with Gasteiger partial charge < -0.3 is 9.47 Å². The van der Waals surface area contributed by atoms with E-state index in [1.165, 1.54) is 6.08 Å². The Morgan fingerprint density at radius 1 is 1.29 bits per heavy atom. The number of ether oxygens (including phenoxy) is 2. The first kappa shape index (κ1) is 13.9. The normalized spacial score (nSPS) is 23.3. The number of hydrogen-bond donors (Lipinski definition) is 0. The van der Waals surface area contributed by atoms with Gasteiger partial charge in [-0.25, -0.2) is 0 Å². The molecule has 1 aliphatic carbocycles. The molecule has 0 saturated carbocycles. The number of carbonyl (C=O) groups excluding carboxylic acids is 2. The molecule has 4 nitrogen and oxygen atoms in total. The molecule has 0 unspecified atom stereocenters. The van der Waals surface area contributed by atoms with Crippen molar-refractivity contribution in [2.75, 3.05) is 6.61 Å². The third-order valence-corrected chi connectivity index (χ3v) is 4.01. The minimum Gasteiger partial charge on any atom is -0.494 e. The van der Waals surface area contributed by atoms with E-state index in [1.54, 1.807) is 6.08 Å². The average molecular weight is 286 g/mol. The smallest absolute Gasteiger partial charge is 0.307 e. The van der Waals surface area contributed by atoms with E-state index in [0.717, 1.165) is 24.0 Å². The fourth-order valence-corrected chi connectivity index (χ4v) is 2.83. The van der Waals surface area contributed by atoms with Crippen LogP contribution in [0.5, 0.6) is 5.75 Å². The zero-order chi connectivity index (χ0) is 14.9. The molecule has 110 valence electrons. The molecule has 1 aliphatic heterocycles. The number of benzene rings is 1. The van der Waals surface area contributed by atoms with E-state index < -0.39 is 5.60 Å². The van der Waals surface area contributed by atoms with Gasteiger partial charge in [-0.2, -0.15) is 0 Å². The van der Waals surface area contributed by atoms with Crippen molar-refractivity contribution in [1.82, 2.24) is 0 Å². The second-order valence-electron chi connectivity index (χ2n) is 5.45. The maximum absolute atomic E-state index is 12.3. The van der Waals surface area contributed by atoms with Crippen LogP contribution in [0, 0.1) is 0 Å². The van der Waals surface area contributed by atoms with Crippen LogP contribution >= 0.6 is 0 Å². The van der Waals surface area contributed by atoms with Gasteiger partial charge in [0.05, 0.1) is 13.0 Å². The van der Waals surface area contributed by atoms with Gasteiger partial charge in [0.15, 0.2) is 5.60 Å².